The van der Waals surface area contributed by atoms with Crippen molar-refractivity contribution in [3.05, 3.63) is 50.7 Å². The molecule has 2 N–H and O–H groups in total. The van der Waals surface area contributed by atoms with E-state index in [1.54, 1.807) is 0 Å². The van der Waals surface area contributed by atoms with Crippen LogP contribution in [0.2, 0.25) is 0 Å². The highest BCUT2D eigenvalue weighted by molar-refractivity contribution is 7.93. The predicted molar refractivity (Wildman–Crippen MR) is 75.2 cm³/mol. The summed E-state index contributed by atoms with van der Waals surface area (Å²) in [5.41, 5.74) is -0.0807. The monoisotopic (exact) mass is 328 g/mol. The van der Waals surface area contributed by atoms with Gasteiger partial charge in [0.1, 0.15) is 9.77 Å². The maximum atomic E-state index is 12.1. The Bertz CT molecular complexity index is 794. The minimum absolute atomic E-state index is 0.100. The van der Waals surface area contributed by atoms with Gasteiger partial charge in [-0.15, -0.1) is 11.3 Å². The SMILES string of the molecule is O=C(O)c1sccc1S(=O)(=O)Nc1ccc([N+](=O)[O-])cc1. The molecule has 0 saturated heterocycles. The van der Waals surface area contributed by atoms with Crippen molar-refractivity contribution in [2.75, 3.05) is 4.72 Å². The summed E-state index contributed by atoms with van der Waals surface area (Å²) in [6.45, 7) is 0. The highest BCUT2D eigenvalue weighted by atomic mass is 32.2. The fraction of sp³-hybridized carbons (Fsp3) is 0. The van der Waals surface area contributed by atoms with Crippen molar-refractivity contribution >= 4 is 38.7 Å². The summed E-state index contributed by atoms with van der Waals surface area (Å²) >= 11 is 0.793. The van der Waals surface area contributed by atoms with Gasteiger partial charge in [-0.2, -0.15) is 0 Å². The van der Waals surface area contributed by atoms with Crippen molar-refractivity contribution in [3.8, 4) is 0 Å². The smallest absolute Gasteiger partial charge is 0.347 e. The number of rotatable bonds is 5. The molecule has 1 heterocycles. The molecule has 0 aliphatic heterocycles. The molecule has 1 aromatic carbocycles. The summed E-state index contributed by atoms with van der Waals surface area (Å²) in [5, 5.41) is 20.8. The van der Waals surface area contributed by atoms with Crippen molar-refractivity contribution in [1.29, 1.82) is 0 Å². The van der Waals surface area contributed by atoms with Gasteiger partial charge in [0.15, 0.2) is 0 Å². The molecule has 10 heteroatoms. The minimum Gasteiger partial charge on any atom is -0.477 e. The number of hydrogen-bond acceptors (Lipinski definition) is 6. The number of benzene rings is 1. The van der Waals surface area contributed by atoms with Crippen LogP contribution in [0.15, 0.2) is 40.6 Å². The summed E-state index contributed by atoms with van der Waals surface area (Å²) < 4.78 is 26.4. The van der Waals surface area contributed by atoms with E-state index in [0.29, 0.717) is 0 Å². The van der Waals surface area contributed by atoms with Crippen LogP contribution in [0.1, 0.15) is 9.67 Å². The van der Waals surface area contributed by atoms with E-state index in [0.717, 1.165) is 23.5 Å². The lowest BCUT2D eigenvalue weighted by molar-refractivity contribution is -0.384. The van der Waals surface area contributed by atoms with Gasteiger partial charge in [0.05, 0.1) is 4.92 Å². The molecule has 1 aromatic heterocycles. The highest BCUT2D eigenvalue weighted by Crippen LogP contribution is 2.25. The van der Waals surface area contributed by atoms with Gasteiger partial charge in [0, 0.05) is 17.8 Å². The zero-order chi connectivity index (χ0) is 15.6. The highest BCUT2D eigenvalue weighted by Gasteiger charge is 2.24. The summed E-state index contributed by atoms with van der Waals surface area (Å²) in [5.74, 6) is -1.34. The Morgan fingerprint density at radius 3 is 2.38 bits per heavy atom. The molecule has 0 aliphatic carbocycles. The number of aromatic carboxylic acids is 1. The van der Waals surface area contributed by atoms with Crippen LogP contribution < -0.4 is 4.72 Å². The Kier molecular flexibility index (Phi) is 3.91. The molecule has 110 valence electrons. The average Bonchev–Trinajstić information content (AvgIpc) is 2.89. The number of carbonyl (C=O) groups is 1. The largest absolute Gasteiger partial charge is 0.477 e. The molecule has 0 unspecified atom stereocenters. The normalized spacial score (nSPS) is 11.0. The van der Waals surface area contributed by atoms with E-state index in [4.69, 9.17) is 5.11 Å². The van der Waals surface area contributed by atoms with Crippen LogP contribution >= 0.6 is 11.3 Å². The number of carboxylic acid groups (broad SMARTS) is 1. The van der Waals surface area contributed by atoms with E-state index >= 15 is 0 Å². The van der Waals surface area contributed by atoms with Crippen molar-refractivity contribution in [2.45, 2.75) is 4.90 Å². The number of nitro groups is 1. The molecule has 2 rings (SSSR count). The first-order valence-electron chi connectivity index (χ1n) is 5.39. The summed E-state index contributed by atoms with van der Waals surface area (Å²) in [4.78, 5) is 20.2. The maximum absolute atomic E-state index is 12.1. The lowest BCUT2D eigenvalue weighted by Crippen LogP contribution is -2.15. The summed E-state index contributed by atoms with van der Waals surface area (Å²) in [6.07, 6.45) is 0. The standard InChI is InChI=1S/C11H8N2O6S2/c14-11(15)10-9(5-6-20-10)21(18,19)12-7-1-3-8(4-2-7)13(16)17/h1-6,12H,(H,14,15). The minimum atomic E-state index is -4.07. The first-order chi connectivity index (χ1) is 9.81. The van der Waals surface area contributed by atoms with Crippen LogP contribution in [0.25, 0.3) is 0 Å². The average molecular weight is 328 g/mol. The number of anilines is 1. The zero-order valence-electron chi connectivity index (χ0n) is 10.2. The van der Waals surface area contributed by atoms with Gasteiger partial charge in [-0.25, -0.2) is 13.2 Å². The molecule has 0 amide bonds. The van der Waals surface area contributed by atoms with E-state index < -0.39 is 20.9 Å². The maximum Gasteiger partial charge on any atom is 0.347 e. The van der Waals surface area contributed by atoms with Crippen molar-refractivity contribution in [3.63, 3.8) is 0 Å². The Hall–Kier alpha value is -2.46. The molecule has 0 fully saturated rings. The van der Waals surface area contributed by atoms with E-state index in [-0.39, 0.29) is 21.1 Å². The third-order valence-electron chi connectivity index (χ3n) is 2.44. The van der Waals surface area contributed by atoms with Gasteiger partial charge < -0.3 is 5.11 Å². The quantitative estimate of drug-likeness (QED) is 0.639. The summed E-state index contributed by atoms with van der Waals surface area (Å²) in [6, 6.07) is 5.92. The van der Waals surface area contributed by atoms with Crippen molar-refractivity contribution in [2.24, 2.45) is 0 Å². The molecule has 0 saturated carbocycles. The summed E-state index contributed by atoms with van der Waals surface area (Å²) in [7, 11) is -4.07. The van der Waals surface area contributed by atoms with Gasteiger partial charge in [0.25, 0.3) is 15.7 Å². The number of thiophene rings is 1. The van der Waals surface area contributed by atoms with Crippen molar-refractivity contribution < 1.29 is 23.2 Å². The van der Waals surface area contributed by atoms with Crippen LogP contribution in [-0.4, -0.2) is 24.4 Å². The molecule has 2 aromatic rings. The number of nitrogens with one attached hydrogen (secondary N) is 1. The van der Waals surface area contributed by atoms with E-state index in [1.165, 1.54) is 23.6 Å². The fourth-order valence-corrected chi connectivity index (χ4v) is 3.85. The molecule has 0 radical (unpaired) electrons. The number of nitro benzene ring substituents is 1. The number of hydrogen-bond donors (Lipinski definition) is 2. The van der Waals surface area contributed by atoms with Gasteiger partial charge in [-0.3, -0.25) is 14.8 Å². The Labute approximate surface area is 122 Å². The van der Waals surface area contributed by atoms with Crippen LogP contribution in [-0.2, 0) is 10.0 Å². The molecule has 0 bridgehead atoms. The molecule has 8 nitrogen and oxygen atoms in total. The molecule has 21 heavy (non-hydrogen) atoms. The first-order valence-corrected chi connectivity index (χ1v) is 7.75. The van der Waals surface area contributed by atoms with Gasteiger partial charge in [0.2, 0.25) is 0 Å². The molecular formula is C11H8N2O6S2. The third kappa shape index (κ3) is 3.17. The van der Waals surface area contributed by atoms with E-state index in [1.807, 2.05) is 0 Å². The Morgan fingerprint density at radius 2 is 1.86 bits per heavy atom. The zero-order valence-corrected chi connectivity index (χ0v) is 11.8. The van der Waals surface area contributed by atoms with E-state index in [9.17, 15) is 23.3 Å². The molecular weight excluding hydrogens is 320 g/mol. The molecule has 0 spiro atoms. The topological polar surface area (TPSA) is 127 Å². The number of non-ortho nitro benzene ring substituents is 1. The Morgan fingerprint density at radius 1 is 1.24 bits per heavy atom. The number of sulfonamides is 1. The lowest BCUT2D eigenvalue weighted by Gasteiger charge is -2.07. The van der Waals surface area contributed by atoms with Crippen LogP contribution in [0.4, 0.5) is 11.4 Å². The van der Waals surface area contributed by atoms with Crippen molar-refractivity contribution in [1.82, 2.24) is 0 Å². The van der Waals surface area contributed by atoms with Gasteiger partial charge >= 0.3 is 5.97 Å². The second kappa shape index (κ2) is 5.50. The number of carboxylic acids is 1. The van der Waals surface area contributed by atoms with Crippen LogP contribution in [0.3, 0.4) is 0 Å². The number of nitrogens with zero attached hydrogens (tertiary/aromatic N) is 1. The van der Waals surface area contributed by atoms with Crippen LogP contribution in [0.5, 0.6) is 0 Å². The third-order valence-corrected chi connectivity index (χ3v) is 4.90. The molecule has 0 aliphatic rings. The van der Waals surface area contributed by atoms with E-state index in [2.05, 4.69) is 4.72 Å². The Balaban J connectivity index is 2.31. The second-order valence-electron chi connectivity index (χ2n) is 3.83. The fourth-order valence-electron chi connectivity index (χ4n) is 1.53. The predicted octanol–water partition coefficient (Wildman–Crippen LogP) is 2.16. The first kappa shape index (κ1) is 14.9. The second-order valence-corrected chi connectivity index (χ2v) is 6.40. The van der Waals surface area contributed by atoms with Crippen LogP contribution in [0, 0.1) is 10.1 Å². The lowest BCUT2D eigenvalue weighted by atomic mass is 10.3. The molecule has 0 atom stereocenters. The van der Waals surface area contributed by atoms with Gasteiger partial charge in [-0.1, -0.05) is 0 Å². The van der Waals surface area contributed by atoms with Gasteiger partial charge in [-0.05, 0) is 23.6 Å².